The molecule has 0 bridgehead atoms. The first kappa shape index (κ1) is 12.0. The summed E-state index contributed by atoms with van der Waals surface area (Å²) in [5.74, 6) is 0.930. The molecule has 0 saturated carbocycles. The molecule has 1 aliphatic heterocycles. The van der Waals surface area contributed by atoms with E-state index in [1.165, 1.54) is 15.3 Å². The number of aryl methyl sites for hydroxylation is 1. The van der Waals surface area contributed by atoms with Crippen LogP contribution in [0.4, 0.5) is 0 Å². The summed E-state index contributed by atoms with van der Waals surface area (Å²) >= 11 is 7.90. The Labute approximate surface area is 115 Å². The summed E-state index contributed by atoms with van der Waals surface area (Å²) in [5.41, 5.74) is 7.94. The number of nitrogens with two attached hydrogens (primary N) is 1. The van der Waals surface area contributed by atoms with E-state index in [0.29, 0.717) is 6.61 Å². The summed E-state index contributed by atoms with van der Waals surface area (Å²) in [6.45, 7) is 1.39. The lowest BCUT2D eigenvalue weighted by atomic mass is 10.1. The third-order valence-electron chi connectivity index (χ3n) is 3.06. The first-order valence-electron chi connectivity index (χ1n) is 6.02. The molecule has 2 heterocycles. The quantitative estimate of drug-likeness (QED) is 0.926. The second-order valence-corrected chi connectivity index (χ2v) is 5.96. The fourth-order valence-electron chi connectivity index (χ4n) is 2.18. The van der Waals surface area contributed by atoms with E-state index in [2.05, 4.69) is 6.07 Å². The highest BCUT2D eigenvalue weighted by atomic mass is 35.5. The average molecular weight is 280 g/mol. The standard InChI is InChI=1S/C14H14ClNOS/c15-10-3-4-13-12(7-10)14-9(8-17-13)6-11(18-14)2-1-5-16/h3-4,6-7H,1-2,5,8,16H2. The summed E-state index contributed by atoms with van der Waals surface area (Å²) < 4.78 is 5.75. The van der Waals surface area contributed by atoms with Crippen molar-refractivity contribution in [1.29, 1.82) is 0 Å². The van der Waals surface area contributed by atoms with Crippen LogP contribution in [0.15, 0.2) is 24.3 Å². The molecule has 0 unspecified atom stereocenters. The highest BCUT2D eigenvalue weighted by Gasteiger charge is 2.20. The zero-order chi connectivity index (χ0) is 12.5. The van der Waals surface area contributed by atoms with E-state index in [9.17, 15) is 0 Å². The van der Waals surface area contributed by atoms with Gasteiger partial charge < -0.3 is 10.5 Å². The van der Waals surface area contributed by atoms with Crippen LogP contribution in [0.5, 0.6) is 5.75 Å². The maximum atomic E-state index is 6.07. The molecule has 2 nitrogen and oxygen atoms in total. The van der Waals surface area contributed by atoms with Crippen molar-refractivity contribution >= 4 is 22.9 Å². The third-order valence-corrected chi connectivity index (χ3v) is 4.56. The topological polar surface area (TPSA) is 35.2 Å². The third kappa shape index (κ3) is 2.14. The van der Waals surface area contributed by atoms with Gasteiger partial charge >= 0.3 is 0 Å². The van der Waals surface area contributed by atoms with Gasteiger partial charge in [0.2, 0.25) is 0 Å². The molecule has 18 heavy (non-hydrogen) atoms. The van der Waals surface area contributed by atoms with Gasteiger partial charge in [-0.15, -0.1) is 11.3 Å². The predicted molar refractivity (Wildman–Crippen MR) is 76.5 cm³/mol. The van der Waals surface area contributed by atoms with Gasteiger partial charge in [-0.25, -0.2) is 0 Å². The van der Waals surface area contributed by atoms with E-state index in [0.717, 1.165) is 35.7 Å². The minimum absolute atomic E-state index is 0.656. The number of thiophene rings is 1. The Morgan fingerprint density at radius 2 is 2.22 bits per heavy atom. The van der Waals surface area contributed by atoms with Crippen LogP contribution < -0.4 is 10.5 Å². The van der Waals surface area contributed by atoms with Gasteiger partial charge in [0.25, 0.3) is 0 Å². The smallest absolute Gasteiger partial charge is 0.128 e. The molecule has 2 aromatic rings. The lowest BCUT2D eigenvalue weighted by Crippen LogP contribution is -2.02. The van der Waals surface area contributed by atoms with E-state index in [1.807, 2.05) is 29.5 Å². The van der Waals surface area contributed by atoms with E-state index in [4.69, 9.17) is 22.1 Å². The van der Waals surface area contributed by atoms with Crippen LogP contribution in [0.2, 0.25) is 5.02 Å². The van der Waals surface area contributed by atoms with Crippen LogP contribution in [0.1, 0.15) is 16.9 Å². The van der Waals surface area contributed by atoms with Gasteiger partial charge in [0.05, 0.1) is 0 Å². The zero-order valence-corrected chi connectivity index (χ0v) is 11.5. The second-order valence-electron chi connectivity index (χ2n) is 4.39. The van der Waals surface area contributed by atoms with Crippen molar-refractivity contribution in [2.24, 2.45) is 5.73 Å². The fraction of sp³-hybridized carbons (Fsp3) is 0.286. The van der Waals surface area contributed by atoms with Gasteiger partial charge in [-0.1, -0.05) is 11.6 Å². The molecule has 2 N–H and O–H groups in total. The predicted octanol–water partition coefficient (Wildman–Crippen LogP) is 3.85. The molecular weight excluding hydrogens is 266 g/mol. The Hall–Kier alpha value is -1.03. The Balaban J connectivity index is 2.01. The molecule has 0 aliphatic carbocycles. The molecule has 0 atom stereocenters. The molecule has 1 aromatic heterocycles. The Morgan fingerprint density at radius 3 is 3.06 bits per heavy atom. The molecule has 0 fully saturated rings. The number of fused-ring (bicyclic) bond motifs is 3. The average Bonchev–Trinajstić information content (AvgIpc) is 2.79. The van der Waals surface area contributed by atoms with Crippen molar-refractivity contribution in [3.63, 3.8) is 0 Å². The molecule has 3 rings (SSSR count). The Bertz CT molecular complexity index is 579. The maximum absolute atomic E-state index is 6.07. The summed E-state index contributed by atoms with van der Waals surface area (Å²) in [5, 5.41) is 0.752. The van der Waals surface area contributed by atoms with E-state index < -0.39 is 0 Å². The molecule has 1 aliphatic rings. The molecule has 1 aromatic carbocycles. The number of rotatable bonds is 3. The number of ether oxygens (including phenoxy) is 1. The first-order valence-corrected chi connectivity index (χ1v) is 7.22. The molecule has 4 heteroatoms. The second kappa shape index (κ2) is 4.92. The van der Waals surface area contributed by atoms with Crippen LogP contribution in [-0.2, 0) is 13.0 Å². The first-order chi connectivity index (χ1) is 8.78. The van der Waals surface area contributed by atoms with E-state index >= 15 is 0 Å². The molecule has 0 radical (unpaired) electrons. The fourth-order valence-corrected chi connectivity index (χ4v) is 3.58. The summed E-state index contributed by atoms with van der Waals surface area (Å²) in [6.07, 6.45) is 2.08. The van der Waals surface area contributed by atoms with Crippen molar-refractivity contribution < 1.29 is 4.74 Å². The minimum atomic E-state index is 0.656. The number of hydrogen-bond acceptors (Lipinski definition) is 3. The zero-order valence-electron chi connectivity index (χ0n) is 9.91. The summed E-state index contributed by atoms with van der Waals surface area (Å²) in [4.78, 5) is 2.67. The minimum Gasteiger partial charge on any atom is -0.488 e. The van der Waals surface area contributed by atoms with Gasteiger partial charge in [0, 0.05) is 25.9 Å². The normalized spacial score (nSPS) is 12.8. The van der Waals surface area contributed by atoms with Crippen LogP contribution in [0.25, 0.3) is 10.4 Å². The van der Waals surface area contributed by atoms with Gasteiger partial charge in [-0.2, -0.15) is 0 Å². The lowest BCUT2D eigenvalue weighted by molar-refractivity contribution is 0.303. The van der Waals surface area contributed by atoms with Crippen molar-refractivity contribution in [2.45, 2.75) is 19.4 Å². The Kier molecular flexibility index (Phi) is 3.29. The van der Waals surface area contributed by atoms with Crippen molar-refractivity contribution in [3.8, 4) is 16.2 Å². The van der Waals surface area contributed by atoms with Crippen molar-refractivity contribution in [2.75, 3.05) is 6.54 Å². The van der Waals surface area contributed by atoms with Gasteiger partial charge in [0.1, 0.15) is 12.4 Å². The number of benzene rings is 1. The van der Waals surface area contributed by atoms with Crippen LogP contribution in [0, 0.1) is 0 Å². The largest absolute Gasteiger partial charge is 0.488 e. The molecule has 94 valence electrons. The van der Waals surface area contributed by atoms with E-state index in [-0.39, 0.29) is 0 Å². The maximum Gasteiger partial charge on any atom is 0.128 e. The Morgan fingerprint density at radius 1 is 1.33 bits per heavy atom. The monoisotopic (exact) mass is 279 g/mol. The SMILES string of the molecule is NCCCc1cc2c(s1)-c1cc(Cl)ccc1OC2. The highest BCUT2D eigenvalue weighted by molar-refractivity contribution is 7.15. The van der Waals surface area contributed by atoms with Gasteiger partial charge in [0.15, 0.2) is 0 Å². The number of hydrogen-bond donors (Lipinski definition) is 1. The van der Waals surface area contributed by atoms with Gasteiger partial charge in [-0.05, 0) is 43.7 Å². The summed E-state index contributed by atoms with van der Waals surface area (Å²) in [6, 6.07) is 8.03. The van der Waals surface area contributed by atoms with Crippen LogP contribution in [0.3, 0.4) is 0 Å². The van der Waals surface area contributed by atoms with Gasteiger partial charge in [-0.3, -0.25) is 0 Å². The van der Waals surface area contributed by atoms with Crippen molar-refractivity contribution in [3.05, 3.63) is 39.7 Å². The molecule has 0 spiro atoms. The highest BCUT2D eigenvalue weighted by Crippen LogP contribution is 2.43. The summed E-state index contributed by atoms with van der Waals surface area (Å²) in [7, 11) is 0. The molecule has 0 saturated heterocycles. The molecular formula is C14H14ClNOS. The molecule has 0 amide bonds. The lowest BCUT2D eigenvalue weighted by Gasteiger charge is -2.17. The van der Waals surface area contributed by atoms with Crippen molar-refractivity contribution in [1.82, 2.24) is 0 Å². The van der Waals surface area contributed by atoms with Crippen LogP contribution in [-0.4, -0.2) is 6.54 Å². The van der Waals surface area contributed by atoms with Crippen LogP contribution >= 0.6 is 22.9 Å². The number of halogens is 1. The van der Waals surface area contributed by atoms with E-state index in [1.54, 1.807) is 0 Å².